The normalized spacial score (nSPS) is 11.0. The number of nitrogens with zero attached hydrogens (tertiary/aromatic N) is 3. The Labute approximate surface area is 123 Å². The molecule has 118 valence electrons. The smallest absolute Gasteiger partial charge is 0.274 e. The van der Waals surface area contributed by atoms with Crippen LogP contribution < -0.4 is 5.32 Å². The second-order valence-corrected chi connectivity index (χ2v) is 5.15. The minimum absolute atomic E-state index is 0.0529. The zero-order chi connectivity index (χ0) is 16.0. The molecule has 0 fully saturated rings. The van der Waals surface area contributed by atoms with Gasteiger partial charge in [-0.15, -0.1) is 0 Å². The highest BCUT2D eigenvalue weighted by Crippen LogP contribution is 2.18. The van der Waals surface area contributed by atoms with Crippen LogP contribution in [0.5, 0.6) is 0 Å². The van der Waals surface area contributed by atoms with Gasteiger partial charge in [0.2, 0.25) is 0 Å². The molecule has 0 aliphatic heterocycles. The second-order valence-electron chi connectivity index (χ2n) is 5.15. The van der Waals surface area contributed by atoms with Crippen molar-refractivity contribution in [2.45, 2.75) is 39.5 Å². The maximum atomic E-state index is 12.4. The highest BCUT2D eigenvalue weighted by molar-refractivity contribution is 5.97. The third-order valence-electron chi connectivity index (χ3n) is 2.85. The molecule has 1 rings (SSSR count). The lowest BCUT2D eigenvalue weighted by Crippen LogP contribution is -2.33. The fraction of sp³-hybridized carbons (Fsp3) is 0.643. The fourth-order valence-electron chi connectivity index (χ4n) is 1.70. The maximum absolute atomic E-state index is 12.4. The summed E-state index contributed by atoms with van der Waals surface area (Å²) >= 11 is 0. The van der Waals surface area contributed by atoms with Crippen LogP contribution in [0.2, 0.25) is 0 Å². The summed E-state index contributed by atoms with van der Waals surface area (Å²) < 4.78 is 24.9. The van der Waals surface area contributed by atoms with Gasteiger partial charge >= 0.3 is 0 Å². The highest BCUT2D eigenvalue weighted by atomic mass is 19.3. The topological polar surface area (TPSA) is 58.1 Å². The van der Waals surface area contributed by atoms with Crippen molar-refractivity contribution in [1.29, 1.82) is 0 Å². The van der Waals surface area contributed by atoms with Crippen molar-refractivity contribution in [2.75, 3.05) is 25.5 Å². The molecule has 0 aliphatic carbocycles. The molecule has 1 N–H and O–H groups in total. The van der Waals surface area contributed by atoms with E-state index in [9.17, 15) is 13.6 Å². The Hall–Kier alpha value is -1.79. The van der Waals surface area contributed by atoms with Gasteiger partial charge in [-0.3, -0.25) is 4.79 Å². The fourth-order valence-corrected chi connectivity index (χ4v) is 1.70. The third kappa shape index (κ3) is 4.91. The van der Waals surface area contributed by atoms with E-state index in [1.54, 1.807) is 6.20 Å². The van der Waals surface area contributed by atoms with Gasteiger partial charge < -0.3 is 10.2 Å². The number of aromatic nitrogens is 2. The van der Waals surface area contributed by atoms with E-state index in [2.05, 4.69) is 15.3 Å². The van der Waals surface area contributed by atoms with Crippen molar-refractivity contribution in [1.82, 2.24) is 14.9 Å². The SMILES string of the molecule is CCCNc1cnc(C(C)C)nc1C(=O)N(C)CC(F)F. The summed E-state index contributed by atoms with van der Waals surface area (Å²) in [5.41, 5.74) is 0.623. The average Bonchev–Trinajstić information content (AvgIpc) is 2.43. The van der Waals surface area contributed by atoms with Crippen molar-refractivity contribution in [2.24, 2.45) is 0 Å². The molecule has 1 aromatic rings. The Morgan fingerprint density at radius 3 is 2.62 bits per heavy atom. The zero-order valence-corrected chi connectivity index (χ0v) is 12.9. The van der Waals surface area contributed by atoms with Gasteiger partial charge in [0, 0.05) is 19.5 Å². The molecular formula is C14H22F2N4O. The second kappa shape index (κ2) is 7.85. The van der Waals surface area contributed by atoms with Gasteiger partial charge in [-0.1, -0.05) is 20.8 Å². The van der Waals surface area contributed by atoms with E-state index >= 15 is 0 Å². The first-order valence-electron chi connectivity index (χ1n) is 7.01. The number of anilines is 1. The first-order valence-corrected chi connectivity index (χ1v) is 7.01. The van der Waals surface area contributed by atoms with Gasteiger partial charge in [-0.05, 0) is 6.42 Å². The standard InChI is InChI=1S/C14H22F2N4O/c1-5-6-17-10-7-18-13(9(2)3)19-12(10)14(21)20(4)8-11(15)16/h7,9,11,17H,5-6,8H2,1-4H3. The van der Waals surface area contributed by atoms with Crippen LogP contribution in [0.15, 0.2) is 6.20 Å². The van der Waals surface area contributed by atoms with Crippen LogP contribution in [-0.4, -0.2) is 47.3 Å². The number of nitrogens with one attached hydrogen (secondary N) is 1. The number of rotatable bonds is 7. The Morgan fingerprint density at radius 2 is 2.10 bits per heavy atom. The van der Waals surface area contributed by atoms with E-state index in [4.69, 9.17) is 0 Å². The number of carbonyl (C=O) groups excluding carboxylic acids is 1. The van der Waals surface area contributed by atoms with Crippen LogP contribution in [0.25, 0.3) is 0 Å². The van der Waals surface area contributed by atoms with Crippen LogP contribution in [0.3, 0.4) is 0 Å². The lowest BCUT2D eigenvalue weighted by atomic mass is 10.2. The largest absolute Gasteiger partial charge is 0.382 e. The first kappa shape index (κ1) is 17.3. The number of alkyl halides is 2. The van der Waals surface area contributed by atoms with E-state index in [0.717, 1.165) is 11.3 Å². The lowest BCUT2D eigenvalue weighted by Gasteiger charge is -2.19. The molecule has 1 aromatic heterocycles. The Kier molecular flexibility index (Phi) is 6.45. The van der Waals surface area contributed by atoms with Gasteiger partial charge in [-0.2, -0.15) is 0 Å². The molecule has 1 heterocycles. The quantitative estimate of drug-likeness (QED) is 0.841. The lowest BCUT2D eigenvalue weighted by molar-refractivity contribution is 0.0615. The van der Waals surface area contributed by atoms with Gasteiger partial charge in [0.1, 0.15) is 5.82 Å². The van der Waals surface area contributed by atoms with E-state index in [1.807, 2.05) is 20.8 Å². The highest BCUT2D eigenvalue weighted by Gasteiger charge is 2.21. The van der Waals surface area contributed by atoms with Gasteiger partial charge in [0.25, 0.3) is 12.3 Å². The molecular weight excluding hydrogens is 278 g/mol. The Bertz CT molecular complexity index is 480. The molecule has 0 unspecified atom stereocenters. The predicted molar refractivity (Wildman–Crippen MR) is 77.9 cm³/mol. The summed E-state index contributed by atoms with van der Waals surface area (Å²) in [5, 5.41) is 3.06. The summed E-state index contributed by atoms with van der Waals surface area (Å²) in [4.78, 5) is 21.7. The van der Waals surface area contributed by atoms with Crippen molar-refractivity contribution >= 4 is 11.6 Å². The molecule has 0 aliphatic rings. The van der Waals surface area contributed by atoms with Crippen LogP contribution in [0.1, 0.15) is 49.4 Å². The van der Waals surface area contributed by atoms with Crippen molar-refractivity contribution in [3.8, 4) is 0 Å². The molecule has 7 heteroatoms. The van der Waals surface area contributed by atoms with Gasteiger partial charge in [-0.25, -0.2) is 18.7 Å². The number of halogens is 2. The monoisotopic (exact) mass is 300 g/mol. The minimum Gasteiger partial charge on any atom is -0.382 e. The minimum atomic E-state index is -2.57. The van der Waals surface area contributed by atoms with E-state index < -0.39 is 18.9 Å². The van der Waals surface area contributed by atoms with E-state index in [0.29, 0.717) is 18.1 Å². The van der Waals surface area contributed by atoms with E-state index in [1.165, 1.54) is 7.05 Å². The molecule has 5 nitrogen and oxygen atoms in total. The molecule has 0 radical (unpaired) electrons. The number of carbonyl (C=O) groups is 1. The zero-order valence-electron chi connectivity index (χ0n) is 12.9. The summed E-state index contributed by atoms with van der Waals surface area (Å²) in [6.45, 7) is 5.84. The summed E-state index contributed by atoms with van der Waals surface area (Å²) in [6, 6.07) is 0. The molecule has 1 amide bonds. The molecule has 0 saturated heterocycles. The van der Waals surface area contributed by atoms with E-state index in [-0.39, 0.29) is 11.6 Å². The van der Waals surface area contributed by atoms with Crippen LogP contribution in [-0.2, 0) is 0 Å². The summed E-state index contributed by atoms with van der Waals surface area (Å²) in [7, 11) is 1.34. The molecule has 0 saturated carbocycles. The van der Waals surface area contributed by atoms with Crippen molar-refractivity contribution in [3.05, 3.63) is 17.7 Å². The predicted octanol–water partition coefficient (Wildman–Crippen LogP) is 2.76. The van der Waals surface area contributed by atoms with Gasteiger partial charge in [0.15, 0.2) is 5.69 Å². The third-order valence-corrected chi connectivity index (χ3v) is 2.85. The first-order chi connectivity index (χ1) is 9.86. The number of amides is 1. The molecule has 0 bridgehead atoms. The number of hydrogen-bond donors (Lipinski definition) is 1. The van der Waals surface area contributed by atoms with Crippen molar-refractivity contribution in [3.63, 3.8) is 0 Å². The summed E-state index contributed by atoms with van der Waals surface area (Å²) in [6.07, 6.45) is -0.161. The molecule has 21 heavy (non-hydrogen) atoms. The average molecular weight is 300 g/mol. The number of hydrogen-bond acceptors (Lipinski definition) is 4. The van der Waals surface area contributed by atoms with Crippen LogP contribution >= 0.6 is 0 Å². The van der Waals surface area contributed by atoms with Crippen LogP contribution in [0.4, 0.5) is 14.5 Å². The Balaban J connectivity index is 3.09. The van der Waals surface area contributed by atoms with Crippen LogP contribution in [0, 0.1) is 0 Å². The van der Waals surface area contributed by atoms with Gasteiger partial charge in [0.05, 0.1) is 18.4 Å². The Morgan fingerprint density at radius 1 is 1.43 bits per heavy atom. The summed E-state index contributed by atoms with van der Waals surface area (Å²) in [5.74, 6) is 0.0428. The molecule has 0 atom stereocenters. The van der Waals surface area contributed by atoms with Crippen molar-refractivity contribution < 1.29 is 13.6 Å². The molecule has 0 aromatic carbocycles. The molecule has 0 spiro atoms. The maximum Gasteiger partial charge on any atom is 0.274 e.